The van der Waals surface area contributed by atoms with Gasteiger partial charge in [0.2, 0.25) is 0 Å². The highest BCUT2D eigenvalue weighted by molar-refractivity contribution is 6.23. The topological polar surface area (TPSA) is 47.4 Å². The van der Waals surface area contributed by atoms with E-state index in [0.717, 1.165) is 66.9 Å². The van der Waals surface area contributed by atoms with Gasteiger partial charge >= 0.3 is 0 Å². The van der Waals surface area contributed by atoms with Crippen LogP contribution in [-0.4, -0.2) is 15.0 Å². The Morgan fingerprint density at radius 1 is 0.413 bits per heavy atom. The molecule has 5 heteroatoms. The fourth-order valence-corrected chi connectivity index (χ4v) is 10.6. The Hall–Kier alpha value is -8.41. The van der Waals surface area contributed by atoms with Gasteiger partial charge in [-0.3, -0.25) is 0 Å². The SMILES string of the molecule is c1cc(C2=Nc3ccccc3C(c3cccc4oc5ccccc5c34)N2)cc(-n2c3ccccc3c3c(-n4c5ccccc5c5cc6ccccc6cc54)c4ccccc4cc32)c1. The summed E-state index contributed by atoms with van der Waals surface area (Å²) in [5.41, 5.74) is 13.0. The Kier molecular flexibility index (Phi) is 7.11. The number of aliphatic imine (C=N–C) groups is 1. The number of benzene rings is 10. The van der Waals surface area contributed by atoms with Crippen LogP contribution in [0.5, 0.6) is 0 Å². The molecule has 14 rings (SSSR count). The molecular formula is C58H36N4O. The van der Waals surface area contributed by atoms with Crippen molar-refractivity contribution in [2.24, 2.45) is 4.99 Å². The first-order valence-corrected chi connectivity index (χ1v) is 21.6. The summed E-state index contributed by atoms with van der Waals surface area (Å²) in [6.45, 7) is 0. The van der Waals surface area contributed by atoms with Gasteiger partial charge in [-0.15, -0.1) is 0 Å². The molecule has 0 bridgehead atoms. The molecule has 4 heterocycles. The summed E-state index contributed by atoms with van der Waals surface area (Å²) in [6, 6.07) is 74.3. The van der Waals surface area contributed by atoms with Crippen molar-refractivity contribution in [2.75, 3.05) is 0 Å². The molecule has 1 unspecified atom stereocenters. The molecule has 13 aromatic rings. The van der Waals surface area contributed by atoms with Crippen LogP contribution in [0.15, 0.2) is 216 Å². The molecule has 1 aliphatic heterocycles. The zero-order valence-electron chi connectivity index (χ0n) is 34.0. The number of hydrogen-bond donors (Lipinski definition) is 1. The standard InChI is InChI=1S/C58H36N4O/c1-2-16-36-33-50-46(32-35(36)15-1)41-21-6-10-27-48(41)62(50)57-40-20-4-3-17-37(40)34-51-55(57)43-23-7-11-28-49(43)61(51)39-19-13-18-38(31-39)58-59-47-26-9-5-22-42(47)56(60-58)45-25-14-30-53-54(45)44-24-8-12-29-52(44)63-53/h1-34,56H,(H,59,60). The second-order valence-corrected chi connectivity index (χ2v) is 16.7. The zero-order chi connectivity index (χ0) is 41.2. The van der Waals surface area contributed by atoms with E-state index in [9.17, 15) is 0 Å². The van der Waals surface area contributed by atoms with Crippen molar-refractivity contribution >= 4 is 98.6 Å². The lowest BCUT2D eigenvalue weighted by atomic mass is 9.92. The lowest BCUT2D eigenvalue weighted by Crippen LogP contribution is -2.33. The number of amidine groups is 1. The van der Waals surface area contributed by atoms with E-state index in [0.29, 0.717) is 0 Å². The van der Waals surface area contributed by atoms with Gasteiger partial charge in [-0.05, 0) is 82.4 Å². The molecule has 0 fully saturated rings. The van der Waals surface area contributed by atoms with Gasteiger partial charge in [0.05, 0.1) is 39.5 Å². The van der Waals surface area contributed by atoms with E-state index in [2.05, 4.69) is 209 Å². The van der Waals surface area contributed by atoms with Gasteiger partial charge in [0.25, 0.3) is 0 Å². The number of para-hydroxylation sites is 4. The molecule has 1 N–H and O–H groups in total. The normalized spacial score (nSPS) is 14.1. The van der Waals surface area contributed by atoms with Gasteiger partial charge < -0.3 is 18.9 Å². The molecule has 0 amide bonds. The maximum Gasteiger partial charge on any atom is 0.135 e. The number of aromatic nitrogens is 2. The second kappa shape index (κ2) is 13.0. The number of nitrogens with zero attached hydrogens (tertiary/aromatic N) is 3. The van der Waals surface area contributed by atoms with Gasteiger partial charge in [-0.2, -0.15) is 0 Å². The predicted octanol–water partition coefficient (Wildman–Crippen LogP) is 14.9. The minimum Gasteiger partial charge on any atom is -0.456 e. The summed E-state index contributed by atoms with van der Waals surface area (Å²) in [5.74, 6) is 0.828. The van der Waals surface area contributed by atoms with Gasteiger partial charge in [-0.25, -0.2) is 4.99 Å². The van der Waals surface area contributed by atoms with Crippen molar-refractivity contribution in [3.8, 4) is 11.4 Å². The third kappa shape index (κ3) is 4.96. The molecular weight excluding hydrogens is 769 g/mol. The zero-order valence-corrected chi connectivity index (χ0v) is 34.0. The average Bonchev–Trinajstić information content (AvgIpc) is 4.00. The molecule has 3 aromatic heterocycles. The minimum atomic E-state index is -0.146. The quantitative estimate of drug-likeness (QED) is 0.193. The fraction of sp³-hybridized carbons (Fsp3) is 0.0172. The highest BCUT2D eigenvalue weighted by Crippen LogP contribution is 2.45. The van der Waals surface area contributed by atoms with E-state index in [1.807, 2.05) is 12.1 Å². The van der Waals surface area contributed by atoms with E-state index >= 15 is 0 Å². The van der Waals surface area contributed by atoms with Crippen LogP contribution >= 0.6 is 0 Å². The highest BCUT2D eigenvalue weighted by atomic mass is 16.3. The van der Waals surface area contributed by atoms with Crippen LogP contribution in [0, 0.1) is 0 Å². The van der Waals surface area contributed by atoms with Crippen LogP contribution in [0.4, 0.5) is 5.69 Å². The van der Waals surface area contributed by atoms with Crippen molar-refractivity contribution in [1.29, 1.82) is 0 Å². The summed E-state index contributed by atoms with van der Waals surface area (Å²) in [7, 11) is 0. The van der Waals surface area contributed by atoms with Gasteiger partial charge in [0.1, 0.15) is 17.0 Å². The first-order valence-electron chi connectivity index (χ1n) is 21.6. The maximum atomic E-state index is 6.37. The maximum absolute atomic E-state index is 6.37. The molecule has 0 saturated carbocycles. The fourth-order valence-electron chi connectivity index (χ4n) is 10.6. The molecule has 0 saturated heterocycles. The number of fused-ring (bicyclic) bond motifs is 12. The Balaban J connectivity index is 1.00. The first-order chi connectivity index (χ1) is 31.2. The number of rotatable bonds is 4. The first kappa shape index (κ1) is 34.3. The number of nitrogens with one attached hydrogen (secondary N) is 1. The van der Waals surface area contributed by atoms with Crippen molar-refractivity contribution < 1.29 is 4.42 Å². The van der Waals surface area contributed by atoms with Gasteiger partial charge in [-0.1, -0.05) is 146 Å². The van der Waals surface area contributed by atoms with Crippen molar-refractivity contribution in [2.45, 2.75) is 6.04 Å². The van der Waals surface area contributed by atoms with E-state index in [4.69, 9.17) is 9.41 Å². The molecule has 5 nitrogen and oxygen atoms in total. The summed E-state index contributed by atoms with van der Waals surface area (Å²) in [4.78, 5) is 5.31. The van der Waals surface area contributed by atoms with Crippen molar-refractivity contribution in [3.63, 3.8) is 0 Å². The highest BCUT2D eigenvalue weighted by Gasteiger charge is 2.28. The van der Waals surface area contributed by atoms with Crippen LogP contribution in [0.3, 0.4) is 0 Å². The summed E-state index contributed by atoms with van der Waals surface area (Å²) < 4.78 is 11.3. The van der Waals surface area contributed by atoms with E-state index in [1.165, 1.54) is 59.8 Å². The average molecular weight is 805 g/mol. The predicted molar refractivity (Wildman–Crippen MR) is 261 cm³/mol. The molecule has 0 radical (unpaired) electrons. The summed E-state index contributed by atoms with van der Waals surface area (Å²) in [5, 5.41) is 15.9. The Labute approximate surface area is 361 Å². The van der Waals surface area contributed by atoms with E-state index in [1.54, 1.807) is 0 Å². The molecule has 1 atom stereocenters. The Morgan fingerprint density at radius 3 is 1.92 bits per heavy atom. The van der Waals surface area contributed by atoms with Crippen LogP contribution in [0.2, 0.25) is 0 Å². The lowest BCUT2D eigenvalue weighted by Gasteiger charge is -2.28. The van der Waals surface area contributed by atoms with Crippen LogP contribution in [0.1, 0.15) is 22.7 Å². The molecule has 10 aromatic carbocycles. The smallest absolute Gasteiger partial charge is 0.135 e. The van der Waals surface area contributed by atoms with Crippen LogP contribution in [-0.2, 0) is 0 Å². The monoisotopic (exact) mass is 804 g/mol. The van der Waals surface area contributed by atoms with Crippen molar-refractivity contribution in [1.82, 2.24) is 14.5 Å². The van der Waals surface area contributed by atoms with Crippen molar-refractivity contribution in [3.05, 3.63) is 223 Å². The largest absolute Gasteiger partial charge is 0.456 e. The summed E-state index contributed by atoms with van der Waals surface area (Å²) in [6.07, 6.45) is 0. The number of furan rings is 1. The number of hydrogen-bond acceptors (Lipinski definition) is 3. The van der Waals surface area contributed by atoms with E-state index in [-0.39, 0.29) is 6.04 Å². The third-order valence-electron chi connectivity index (χ3n) is 13.3. The third-order valence-corrected chi connectivity index (χ3v) is 13.3. The van der Waals surface area contributed by atoms with Crippen LogP contribution < -0.4 is 5.32 Å². The lowest BCUT2D eigenvalue weighted by molar-refractivity contribution is 0.667. The molecule has 1 aliphatic rings. The van der Waals surface area contributed by atoms with Crippen LogP contribution in [0.25, 0.3) is 98.5 Å². The van der Waals surface area contributed by atoms with Gasteiger partial charge in [0, 0.05) is 54.5 Å². The minimum absolute atomic E-state index is 0.146. The molecule has 0 aliphatic carbocycles. The Bertz CT molecular complexity index is 4090. The summed E-state index contributed by atoms with van der Waals surface area (Å²) >= 11 is 0. The molecule has 0 spiro atoms. The molecule has 294 valence electrons. The van der Waals surface area contributed by atoms with Gasteiger partial charge in [0.15, 0.2) is 0 Å². The molecule has 63 heavy (non-hydrogen) atoms. The Morgan fingerprint density at radius 2 is 1.05 bits per heavy atom. The second-order valence-electron chi connectivity index (χ2n) is 16.7. The van der Waals surface area contributed by atoms with E-state index < -0.39 is 0 Å².